The third-order valence-electron chi connectivity index (χ3n) is 5.27. The van der Waals surface area contributed by atoms with Crippen LogP contribution in [-0.4, -0.2) is 45.7 Å². The second-order valence-corrected chi connectivity index (χ2v) is 7.99. The highest BCUT2D eigenvalue weighted by Gasteiger charge is 2.51. The molecule has 6 nitrogen and oxygen atoms in total. The van der Waals surface area contributed by atoms with E-state index >= 15 is 0 Å². The monoisotopic (exact) mass is 375 g/mol. The average molecular weight is 375 g/mol. The number of carbonyl (C=O) groups excluding carboxylic acids is 3. The van der Waals surface area contributed by atoms with Gasteiger partial charge in [-0.3, -0.25) is 14.4 Å². The molecule has 1 heterocycles. The van der Waals surface area contributed by atoms with Gasteiger partial charge in [0.2, 0.25) is 17.7 Å². The molecule has 2 fully saturated rings. The number of hydrogen-bond acceptors (Lipinski definition) is 4. The Hall–Kier alpha value is -2.02. The molecule has 1 aromatic rings. The summed E-state index contributed by atoms with van der Waals surface area (Å²) < 4.78 is 0. The number of benzene rings is 1. The van der Waals surface area contributed by atoms with Gasteiger partial charge in [-0.1, -0.05) is 49.6 Å². The molecular weight excluding hydrogens is 350 g/mol. The van der Waals surface area contributed by atoms with E-state index in [0.717, 1.165) is 24.8 Å². The second-order valence-electron chi connectivity index (χ2n) is 6.96. The predicted octanol–water partition coefficient (Wildman–Crippen LogP) is 1.44. The van der Waals surface area contributed by atoms with Crippen molar-refractivity contribution in [2.75, 3.05) is 11.5 Å². The molecule has 1 saturated carbocycles. The van der Waals surface area contributed by atoms with E-state index in [1.54, 1.807) is 0 Å². The van der Waals surface area contributed by atoms with Crippen molar-refractivity contribution >= 4 is 29.5 Å². The summed E-state index contributed by atoms with van der Waals surface area (Å²) in [6.07, 6.45) is 3.91. The molecule has 0 radical (unpaired) electrons. The van der Waals surface area contributed by atoms with Gasteiger partial charge < -0.3 is 16.0 Å². The van der Waals surface area contributed by atoms with Gasteiger partial charge in [-0.15, -0.1) is 11.8 Å². The molecule has 3 N–H and O–H groups in total. The van der Waals surface area contributed by atoms with E-state index < -0.39 is 17.5 Å². The normalized spacial score (nSPS) is 22.7. The summed E-state index contributed by atoms with van der Waals surface area (Å²) in [6, 6.07) is 8.95. The summed E-state index contributed by atoms with van der Waals surface area (Å²) in [4.78, 5) is 39.5. The Morgan fingerprint density at radius 1 is 1.19 bits per heavy atom. The van der Waals surface area contributed by atoms with Gasteiger partial charge in [-0.2, -0.15) is 0 Å². The minimum absolute atomic E-state index is 0.165. The molecule has 2 aliphatic rings. The third-order valence-corrected chi connectivity index (χ3v) is 6.27. The van der Waals surface area contributed by atoms with Crippen molar-refractivity contribution in [3.8, 4) is 0 Å². The van der Waals surface area contributed by atoms with Crippen LogP contribution in [0.2, 0.25) is 0 Å². The Bertz CT molecular complexity index is 674. The van der Waals surface area contributed by atoms with Crippen LogP contribution in [0, 0.1) is 0 Å². The Morgan fingerprint density at radius 3 is 2.54 bits per heavy atom. The van der Waals surface area contributed by atoms with E-state index in [9.17, 15) is 14.4 Å². The first kappa shape index (κ1) is 18.8. The van der Waals surface area contributed by atoms with Crippen LogP contribution in [0.3, 0.4) is 0 Å². The number of primary amides is 1. The molecule has 1 saturated heterocycles. The molecule has 1 aromatic carbocycles. The highest BCUT2D eigenvalue weighted by Crippen LogP contribution is 2.38. The SMILES string of the molecule is NC(=O)C1CSCC(=O)N1C1(C(=O)NCc2ccccc2)CCCCC1. The Balaban J connectivity index is 1.86. The summed E-state index contributed by atoms with van der Waals surface area (Å²) in [5.74, 6) is -0.132. The van der Waals surface area contributed by atoms with Gasteiger partial charge in [0.15, 0.2) is 0 Å². The number of nitrogens with zero attached hydrogens (tertiary/aromatic N) is 1. The highest BCUT2D eigenvalue weighted by atomic mass is 32.2. The van der Waals surface area contributed by atoms with Gasteiger partial charge in [0, 0.05) is 12.3 Å². The van der Waals surface area contributed by atoms with Crippen molar-refractivity contribution in [2.45, 2.75) is 50.2 Å². The van der Waals surface area contributed by atoms with Gasteiger partial charge >= 0.3 is 0 Å². The van der Waals surface area contributed by atoms with E-state index in [1.807, 2.05) is 30.3 Å². The van der Waals surface area contributed by atoms with Crippen LogP contribution in [-0.2, 0) is 20.9 Å². The van der Waals surface area contributed by atoms with Crippen LogP contribution in [0.15, 0.2) is 30.3 Å². The highest BCUT2D eigenvalue weighted by molar-refractivity contribution is 8.00. The van der Waals surface area contributed by atoms with E-state index in [4.69, 9.17) is 5.73 Å². The minimum atomic E-state index is -0.967. The van der Waals surface area contributed by atoms with E-state index in [-0.39, 0.29) is 17.6 Å². The predicted molar refractivity (Wildman–Crippen MR) is 101 cm³/mol. The molecule has 0 spiro atoms. The van der Waals surface area contributed by atoms with Crippen molar-refractivity contribution in [1.29, 1.82) is 0 Å². The lowest BCUT2D eigenvalue weighted by Crippen LogP contribution is -2.68. The van der Waals surface area contributed by atoms with Crippen molar-refractivity contribution in [1.82, 2.24) is 10.2 Å². The zero-order valence-corrected chi connectivity index (χ0v) is 15.6. The molecule has 140 valence electrons. The number of amides is 3. The fraction of sp³-hybridized carbons (Fsp3) is 0.526. The number of thioether (sulfide) groups is 1. The van der Waals surface area contributed by atoms with E-state index in [2.05, 4.69) is 5.32 Å². The number of nitrogens with one attached hydrogen (secondary N) is 1. The molecule has 1 aliphatic carbocycles. The number of hydrogen-bond donors (Lipinski definition) is 2. The zero-order chi connectivity index (χ0) is 18.6. The van der Waals surface area contributed by atoms with Gasteiger partial charge in [-0.25, -0.2) is 0 Å². The Labute approximate surface area is 157 Å². The summed E-state index contributed by atoms with van der Waals surface area (Å²) in [7, 11) is 0. The first-order chi connectivity index (χ1) is 12.5. The average Bonchev–Trinajstić information content (AvgIpc) is 2.67. The summed E-state index contributed by atoms with van der Waals surface area (Å²) in [5.41, 5.74) is 5.60. The fourth-order valence-corrected chi connectivity index (χ4v) is 4.95. The Morgan fingerprint density at radius 2 is 1.88 bits per heavy atom. The quantitative estimate of drug-likeness (QED) is 0.814. The molecule has 3 amide bonds. The maximum Gasteiger partial charge on any atom is 0.246 e. The number of nitrogens with two attached hydrogens (primary N) is 1. The van der Waals surface area contributed by atoms with Gasteiger partial charge in [0.1, 0.15) is 11.6 Å². The zero-order valence-electron chi connectivity index (χ0n) is 14.8. The smallest absolute Gasteiger partial charge is 0.246 e. The second kappa shape index (κ2) is 8.12. The van der Waals surface area contributed by atoms with Crippen LogP contribution in [0.5, 0.6) is 0 Å². The first-order valence-electron chi connectivity index (χ1n) is 9.06. The van der Waals surface area contributed by atoms with E-state index in [1.165, 1.54) is 16.7 Å². The third kappa shape index (κ3) is 3.72. The maximum atomic E-state index is 13.2. The van der Waals surface area contributed by atoms with Crippen molar-refractivity contribution in [3.63, 3.8) is 0 Å². The summed E-state index contributed by atoms with van der Waals surface area (Å²) in [6.45, 7) is 0.402. The molecule has 7 heteroatoms. The topological polar surface area (TPSA) is 92.5 Å². The Kier molecular flexibility index (Phi) is 5.86. The van der Waals surface area contributed by atoms with Crippen LogP contribution < -0.4 is 11.1 Å². The van der Waals surface area contributed by atoms with Crippen LogP contribution in [0.4, 0.5) is 0 Å². The lowest BCUT2D eigenvalue weighted by atomic mass is 9.78. The minimum Gasteiger partial charge on any atom is -0.368 e. The lowest BCUT2D eigenvalue weighted by molar-refractivity contribution is -0.155. The lowest BCUT2D eigenvalue weighted by Gasteiger charge is -2.49. The summed E-state index contributed by atoms with van der Waals surface area (Å²) in [5, 5.41) is 3.00. The van der Waals surface area contributed by atoms with Crippen molar-refractivity contribution in [2.24, 2.45) is 5.73 Å². The van der Waals surface area contributed by atoms with Crippen LogP contribution in [0.25, 0.3) is 0 Å². The van der Waals surface area contributed by atoms with Gasteiger partial charge in [-0.05, 0) is 18.4 Å². The molecule has 26 heavy (non-hydrogen) atoms. The number of carbonyl (C=O) groups is 3. The molecule has 3 rings (SSSR count). The van der Waals surface area contributed by atoms with Gasteiger partial charge in [0.25, 0.3) is 0 Å². The van der Waals surface area contributed by atoms with Crippen LogP contribution >= 0.6 is 11.8 Å². The van der Waals surface area contributed by atoms with Crippen molar-refractivity contribution < 1.29 is 14.4 Å². The molecule has 1 atom stereocenters. The molecule has 0 bridgehead atoms. The summed E-state index contributed by atoms with van der Waals surface area (Å²) >= 11 is 1.40. The van der Waals surface area contributed by atoms with Gasteiger partial charge in [0.05, 0.1) is 5.75 Å². The molecule has 0 aromatic heterocycles. The number of rotatable bonds is 5. The maximum absolute atomic E-state index is 13.2. The molecule has 1 aliphatic heterocycles. The largest absolute Gasteiger partial charge is 0.368 e. The van der Waals surface area contributed by atoms with Crippen molar-refractivity contribution in [3.05, 3.63) is 35.9 Å². The van der Waals surface area contributed by atoms with E-state index in [0.29, 0.717) is 25.1 Å². The first-order valence-corrected chi connectivity index (χ1v) is 10.2. The van der Waals surface area contributed by atoms with Crippen LogP contribution in [0.1, 0.15) is 37.7 Å². The fourth-order valence-electron chi connectivity index (χ4n) is 3.98. The molecule has 1 unspecified atom stereocenters. The molecular formula is C19H25N3O3S. The standard InChI is InChI=1S/C19H25N3O3S/c20-17(24)15-12-26-13-16(23)22(15)19(9-5-2-6-10-19)18(25)21-11-14-7-3-1-4-8-14/h1,3-4,7-8,15H,2,5-6,9-13H2,(H2,20,24)(H,21,25).